The van der Waals surface area contributed by atoms with Gasteiger partial charge in [-0.15, -0.1) is 0 Å². The fraction of sp³-hybridized carbons (Fsp3) is 0.467. The molecule has 1 aliphatic rings. The van der Waals surface area contributed by atoms with Crippen LogP contribution in [0.15, 0.2) is 22.7 Å². The molecule has 0 saturated carbocycles. The van der Waals surface area contributed by atoms with E-state index in [4.69, 9.17) is 16.1 Å². The van der Waals surface area contributed by atoms with Gasteiger partial charge in [-0.25, -0.2) is 0 Å². The molecular weight excluding hydrogens is 274 g/mol. The molecule has 1 atom stereocenters. The second kappa shape index (κ2) is 5.94. The van der Waals surface area contributed by atoms with Crippen molar-refractivity contribution >= 4 is 11.6 Å². The molecule has 1 saturated heterocycles. The maximum absolute atomic E-state index is 6.03. The lowest BCUT2D eigenvalue weighted by Gasteiger charge is -2.20. The van der Waals surface area contributed by atoms with Crippen LogP contribution in [0.5, 0.6) is 0 Å². The lowest BCUT2D eigenvalue weighted by molar-refractivity contribution is 0.360. The highest BCUT2D eigenvalue weighted by molar-refractivity contribution is 6.30. The van der Waals surface area contributed by atoms with Crippen molar-refractivity contribution in [2.75, 3.05) is 13.1 Å². The first-order valence-electron chi connectivity index (χ1n) is 7.02. The molecule has 1 fully saturated rings. The Morgan fingerprint density at radius 3 is 3.15 bits per heavy atom. The molecule has 1 aromatic heterocycles. The standard InChI is InChI=1S/C15H18ClN3O/c1-10-4-5-12(16)8-13(10)15-18-14(19-20-15)7-11-3-2-6-17-9-11/h4-5,8,11,17H,2-3,6-7,9H2,1H3. The molecule has 1 aromatic carbocycles. The second-order valence-electron chi connectivity index (χ2n) is 5.39. The SMILES string of the molecule is Cc1ccc(Cl)cc1-c1nc(CC2CCCNC2)no1. The first kappa shape index (κ1) is 13.6. The molecule has 106 valence electrons. The Bertz CT molecular complexity index is 591. The fourth-order valence-corrected chi connectivity index (χ4v) is 2.80. The summed E-state index contributed by atoms with van der Waals surface area (Å²) >= 11 is 6.03. The van der Waals surface area contributed by atoms with E-state index in [1.54, 1.807) is 0 Å². The highest BCUT2D eigenvalue weighted by atomic mass is 35.5. The van der Waals surface area contributed by atoms with E-state index in [0.717, 1.165) is 36.5 Å². The number of aromatic nitrogens is 2. The van der Waals surface area contributed by atoms with E-state index in [-0.39, 0.29) is 0 Å². The summed E-state index contributed by atoms with van der Waals surface area (Å²) in [5, 5.41) is 8.19. The Balaban J connectivity index is 1.77. The van der Waals surface area contributed by atoms with Crippen molar-refractivity contribution in [3.05, 3.63) is 34.6 Å². The van der Waals surface area contributed by atoms with Gasteiger partial charge in [-0.05, 0) is 56.5 Å². The van der Waals surface area contributed by atoms with Crippen LogP contribution in [0.2, 0.25) is 5.02 Å². The number of nitrogens with one attached hydrogen (secondary N) is 1. The molecule has 4 nitrogen and oxygen atoms in total. The van der Waals surface area contributed by atoms with Gasteiger partial charge >= 0.3 is 0 Å². The molecule has 20 heavy (non-hydrogen) atoms. The normalized spacial score (nSPS) is 19.2. The molecule has 3 rings (SSSR count). The number of rotatable bonds is 3. The number of piperidine rings is 1. The largest absolute Gasteiger partial charge is 0.334 e. The van der Waals surface area contributed by atoms with Gasteiger partial charge in [0.2, 0.25) is 0 Å². The zero-order valence-electron chi connectivity index (χ0n) is 11.5. The summed E-state index contributed by atoms with van der Waals surface area (Å²) in [6, 6.07) is 5.70. The van der Waals surface area contributed by atoms with Crippen LogP contribution in [-0.2, 0) is 6.42 Å². The third-order valence-corrected chi connectivity index (χ3v) is 4.00. The lowest BCUT2D eigenvalue weighted by atomic mass is 9.96. The van der Waals surface area contributed by atoms with Crippen LogP contribution in [0.4, 0.5) is 0 Å². The lowest BCUT2D eigenvalue weighted by Crippen LogP contribution is -2.31. The molecule has 0 radical (unpaired) electrons. The number of aryl methyl sites for hydroxylation is 1. The van der Waals surface area contributed by atoms with Crippen LogP contribution in [0, 0.1) is 12.8 Å². The molecule has 5 heteroatoms. The molecule has 1 aliphatic heterocycles. The van der Waals surface area contributed by atoms with E-state index in [1.165, 1.54) is 12.8 Å². The van der Waals surface area contributed by atoms with Gasteiger partial charge in [0, 0.05) is 17.0 Å². The van der Waals surface area contributed by atoms with Crippen molar-refractivity contribution in [3.63, 3.8) is 0 Å². The van der Waals surface area contributed by atoms with Crippen LogP contribution < -0.4 is 5.32 Å². The number of hydrogen-bond donors (Lipinski definition) is 1. The molecule has 0 amide bonds. The zero-order chi connectivity index (χ0) is 13.9. The van der Waals surface area contributed by atoms with E-state index in [9.17, 15) is 0 Å². The van der Waals surface area contributed by atoms with Crippen LogP contribution >= 0.6 is 11.6 Å². The molecule has 1 unspecified atom stereocenters. The average Bonchev–Trinajstić information content (AvgIpc) is 2.91. The minimum atomic E-state index is 0.559. The highest BCUT2D eigenvalue weighted by Crippen LogP contribution is 2.26. The summed E-state index contributed by atoms with van der Waals surface area (Å²) in [5.74, 6) is 1.95. The van der Waals surface area contributed by atoms with E-state index in [1.807, 2.05) is 25.1 Å². The third-order valence-electron chi connectivity index (χ3n) is 3.77. The third kappa shape index (κ3) is 3.02. The Morgan fingerprint density at radius 1 is 1.45 bits per heavy atom. The van der Waals surface area contributed by atoms with Crippen molar-refractivity contribution in [2.45, 2.75) is 26.2 Å². The van der Waals surface area contributed by atoms with Crippen LogP contribution in [0.1, 0.15) is 24.2 Å². The van der Waals surface area contributed by atoms with Gasteiger partial charge in [-0.1, -0.05) is 22.8 Å². The van der Waals surface area contributed by atoms with Crippen LogP contribution in [0.3, 0.4) is 0 Å². The summed E-state index contributed by atoms with van der Waals surface area (Å²) in [5.41, 5.74) is 2.00. The minimum Gasteiger partial charge on any atom is -0.334 e. The minimum absolute atomic E-state index is 0.559. The van der Waals surface area contributed by atoms with Gasteiger partial charge in [0.15, 0.2) is 5.82 Å². The van der Waals surface area contributed by atoms with E-state index in [2.05, 4.69) is 15.5 Å². The monoisotopic (exact) mass is 291 g/mol. The number of benzene rings is 1. The summed E-state index contributed by atoms with van der Waals surface area (Å²) in [6.45, 7) is 4.18. The van der Waals surface area contributed by atoms with E-state index >= 15 is 0 Å². The van der Waals surface area contributed by atoms with E-state index in [0.29, 0.717) is 16.8 Å². The van der Waals surface area contributed by atoms with Crippen molar-refractivity contribution in [1.82, 2.24) is 15.5 Å². The van der Waals surface area contributed by atoms with Gasteiger partial charge in [-0.2, -0.15) is 4.98 Å². The topological polar surface area (TPSA) is 51.0 Å². The van der Waals surface area contributed by atoms with Gasteiger partial charge in [-0.3, -0.25) is 0 Å². The Morgan fingerprint density at radius 2 is 2.35 bits per heavy atom. The fourth-order valence-electron chi connectivity index (χ4n) is 2.63. The summed E-state index contributed by atoms with van der Waals surface area (Å²) in [7, 11) is 0. The maximum Gasteiger partial charge on any atom is 0.258 e. The Hall–Kier alpha value is -1.39. The molecule has 0 aliphatic carbocycles. The Kier molecular flexibility index (Phi) is 4.03. The predicted molar refractivity (Wildman–Crippen MR) is 78.8 cm³/mol. The molecule has 1 N–H and O–H groups in total. The van der Waals surface area contributed by atoms with Gasteiger partial charge in [0.25, 0.3) is 5.89 Å². The molecule has 0 bridgehead atoms. The second-order valence-corrected chi connectivity index (χ2v) is 5.83. The number of nitrogens with zero attached hydrogens (tertiary/aromatic N) is 2. The molecule has 0 spiro atoms. The highest BCUT2D eigenvalue weighted by Gasteiger charge is 2.18. The summed E-state index contributed by atoms with van der Waals surface area (Å²) < 4.78 is 5.39. The number of halogens is 1. The quantitative estimate of drug-likeness (QED) is 0.943. The van der Waals surface area contributed by atoms with Gasteiger partial charge in [0.05, 0.1) is 0 Å². The first-order chi connectivity index (χ1) is 9.72. The zero-order valence-corrected chi connectivity index (χ0v) is 12.3. The van der Waals surface area contributed by atoms with Gasteiger partial charge < -0.3 is 9.84 Å². The van der Waals surface area contributed by atoms with Crippen LogP contribution in [-0.4, -0.2) is 23.2 Å². The summed E-state index contributed by atoms with van der Waals surface area (Å²) in [4.78, 5) is 4.51. The number of hydrogen-bond acceptors (Lipinski definition) is 4. The van der Waals surface area contributed by atoms with Gasteiger partial charge in [0.1, 0.15) is 0 Å². The first-order valence-corrected chi connectivity index (χ1v) is 7.40. The van der Waals surface area contributed by atoms with Crippen molar-refractivity contribution in [2.24, 2.45) is 5.92 Å². The van der Waals surface area contributed by atoms with Crippen LogP contribution in [0.25, 0.3) is 11.5 Å². The maximum atomic E-state index is 6.03. The molecular formula is C15H18ClN3O. The predicted octanol–water partition coefficient (Wildman–Crippen LogP) is 3.24. The smallest absolute Gasteiger partial charge is 0.258 e. The van der Waals surface area contributed by atoms with E-state index < -0.39 is 0 Å². The van der Waals surface area contributed by atoms with Crippen molar-refractivity contribution in [3.8, 4) is 11.5 Å². The summed E-state index contributed by atoms with van der Waals surface area (Å²) in [6.07, 6.45) is 3.33. The average molecular weight is 292 g/mol. The Labute approximate surface area is 123 Å². The molecule has 2 aromatic rings. The van der Waals surface area contributed by atoms with Crippen molar-refractivity contribution in [1.29, 1.82) is 0 Å². The van der Waals surface area contributed by atoms with Crippen molar-refractivity contribution < 1.29 is 4.52 Å². The molecule has 2 heterocycles.